The third-order valence-electron chi connectivity index (χ3n) is 4.10. The monoisotopic (exact) mass is 234 g/mol. The number of rotatable bonds is 4. The summed E-state index contributed by atoms with van der Waals surface area (Å²) in [5.74, 6) is 0. The molecule has 2 rings (SSSR count). The summed E-state index contributed by atoms with van der Waals surface area (Å²) in [4.78, 5) is 4.29. The first-order chi connectivity index (χ1) is 8.15. The molecule has 0 aliphatic heterocycles. The number of aliphatic hydroxyl groups is 1. The predicted octanol–water partition coefficient (Wildman–Crippen LogP) is 2.03. The number of aliphatic hydroxyl groups excluding tert-OH is 1. The molecule has 3 nitrogen and oxygen atoms in total. The van der Waals surface area contributed by atoms with Crippen LogP contribution in [0.2, 0.25) is 0 Å². The fourth-order valence-corrected chi connectivity index (χ4v) is 2.71. The van der Waals surface area contributed by atoms with Crippen molar-refractivity contribution in [3.05, 3.63) is 29.6 Å². The van der Waals surface area contributed by atoms with Gasteiger partial charge in [0.1, 0.15) is 0 Å². The topological polar surface area (TPSA) is 45.2 Å². The lowest BCUT2D eigenvalue weighted by molar-refractivity contribution is 0.118. The summed E-state index contributed by atoms with van der Waals surface area (Å²) in [6.45, 7) is 5.33. The smallest absolute Gasteiger partial charge is 0.0499 e. The maximum atomic E-state index is 9.50. The van der Waals surface area contributed by atoms with E-state index in [0.717, 1.165) is 25.1 Å². The molecule has 1 heterocycles. The number of hydrogen-bond donors (Lipinski definition) is 2. The van der Waals surface area contributed by atoms with Gasteiger partial charge in [0.2, 0.25) is 0 Å². The van der Waals surface area contributed by atoms with Crippen molar-refractivity contribution in [2.75, 3.05) is 6.61 Å². The van der Waals surface area contributed by atoms with Gasteiger partial charge in [-0.3, -0.25) is 4.98 Å². The second-order valence-electron chi connectivity index (χ2n) is 5.39. The number of nitrogens with zero attached hydrogens (tertiary/aromatic N) is 1. The number of pyridine rings is 1. The first-order valence-electron chi connectivity index (χ1n) is 6.40. The van der Waals surface area contributed by atoms with Gasteiger partial charge in [0.25, 0.3) is 0 Å². The van der Waals surface area contributed by atoms with Crippen LogP contribution in [0.15, 0.2) is 18.3 Å². The number of aryl methyl sites for hydroxylation is 1. The number of hydrogen-bond acceptors (Lipinski definition) is 3. The molecule has 1 fully saturated rings. The van der Waals surface area contributed by atoms with E-state index in [-0.39, 0.29) is 12.0 Å². The molecule has 0 spiro atoms. The van der Waals surface area contributed by atoms with E-state index in [9.17, 15) is 5.11 Å². The van der Waals surface area contributed by atoms with Gasteiger partial charge in [-0.2, -0.15) is 0 Å². The zero-order valence-electron chi connectivity index (χ0n) is 10.7. The van der Waals surface area contributed by atoms with Crippen LogP contribution >= 0.6 is 0 Å². The van der Waals surface area contributed by atoms with Gasteiger partial charge in [-0.15, -0.1) is 0 Å². The highest BCUT2D eigenvalue weighted by Crippen LogP contribution is 2.37. The average Bonchev–Trinajstić information content (AvgIpc) is 2.71. The Labute approximate surface area is 103 Å². The molecule has 94 valence electrons. The number of nitrogens with one attached hydrogen (secondary N) is 1. The lowest BCUT2D eigenvalue weighted by Gasteiger charge is -2.30. The predicted molar refractivity (Wildman–Crippen MR) is 68.6 cm³/mol. The molecular formula is C14H22N2O. The van der Waals surface area contributed by atoms with Gasteiger partial charge in [0.05, 0.1) is 0 Å². The fourth-order valence-electron chi connectivity index (χ4n) is 2.71. The van der Waals surface area contributed by atoms with E-state index in [1.54, 1.807) is 0 Å². The molecule has 0 saturated heterocycles. The molecule has 1 aliphatic carbocycles. The third-order valence-corrected chi connectivity index (χ3v) is 4.10. The minimum atomic E-state index is 0.0517. The van der Waals surface area contributed by atoms with E-state index in [1.165, 1.54) is 12.0 Å². The van der Waals surface area contributed by atoms with Gasteiger partial charge < -0.3 is 10.4 Å². The van der Waals surface area contributed by atoms with E-state index in [0.29, 0.717) is 6.04 Å². The molecule has 17 heavy (non-hydrogen) atoms. The van der Waals surface area contributed by atoms with Gasteiger partial charge in [0, 0.05) is 36.5 Å². The minimum absolute atomic E-state index is 0.0517. The van der Waals surface area contributed by atoms with E-state index in [4.69, 9.17) is 0 Å². The number of aromatic nitrogens is 1. The van der Waals surface area contributed by atoms with Gasteiger partial charge in [-0.25, -0.2) is 0 Å². The third kappa shape index (κ3) is 2.67. The maximum absolute atomic E-state index is 9.50. The molecule has 0 aromatic carbocycles. The Morgan fingerprint density at radius 1 is 1.59 bits per heavy atom. The standard InChI is InChI=1S/C14H22N2O/c1-11-12(5-4-8-15-11)9-16-13-6-3-7-14(13,2)10-17/h4-5,8,13,16-17H,3,6-7,9-10H2,1-2H3. The van der Waals surface area contributed by atoms with Crippen LogP contribution < -0.4 is 5.32 Å². The zero-order chi connectivity index (χ0) is 12.3. The highest BCUT2D eigenvalue weighted by molar-refractivity contribution is 5.18. The minimum Gasteiger partial charge on any atom is -0.396 e. The molecule has 2 N–H and O–H groups in total. The summed E-state index contributed by atoms with van der Waals surface area (Å²) in [6, 6.07) is 4.51. The quantitative estimate of drug-likeness (QED) is 0.838. The van der Waals surface area contributed by atoms with Gasteiger partial charge in [-0.1, -0.05) is 19.4 Å². The van der Waals surface area contributed by atoms with Crippen molar-refractivity contribution in [3.8, 4) is 0 Å². The summed E-state index contributed by atoms with van der Waals surface area (Å²) in [7, 11) is 0. The Balaban J connectivity index is 1.97. The Hall–Kier alpha value is -0.930. The first kappa shape index (κ1) is 12.5. The molecule has 2 unspecified atom stereocenters. The van der Waals surface area contributed by atoms with Crippen molar-refractivity contribution in [2.24, 2.45) is 5.41 Å². The van der Waals surface area contributed by atoms with Gasteiger partial charge >= 0.3 is 0 Å². The van der Waals surface area contributed by atoms with Crippen LogP contribution in [0, 0.1) is 12.3 Å². The second-order valence-corrected chi connectivity index (χ2v) is 5.39. The van der Waals surface area contributed by atoms with Crippen LogP contribution in [-0.4, -0.2) is 22.7 Å². The Kier molecular flexibility index (Phi) is 3.79. The lowest BCUT2D eigenvalue weighted by Crippen LogP contribution is -2.41. The summed E-state index contributed by atoms with van der Waals surface area (Å²) in [6.07, 6.45) is 5.32. The van der Waals surface area contributed by atoms with E-state index in [1.807, 2.05) is 19.2 Å². The van der Waals surface area contributed by atoms with E-state index in [2.05, 4.69) is 23.3 Å². The van der Waals surface area contributed by atoms with E-state index < -0.39 is 0 Å². The Morgan fingerprint density at radius 2 is 2.41 bits per heavy atom. The van der Waals surface area contributed by atoms with Crippen molar-refractivity contribution in [3.63, 3.8) is 0 Å². The zero-order valence-corrected chi connectivity index (χ0v) is 10.7. The van der Waals surface area contributed by atoms with Crippen LogP contribution in [-0.2, 0) is 6.54 Å². The summed E-state index contributed by atoms with van der Waals surface area (Å²) in [5, 5.41) is 13.1. The van der Waals surface area contributed by atoms with E-state index >= 15 is 0 Å². The van der Waals surface area contributed by atoms with Crippen molar-refractivity contribution in [2.45, 2.75) is 45.7 Å². The molecule has 1 aliphatic rings. The normalized spacial score (nSPS) is 28.5. The summed E-state index contributed by atoms with van der Waals surface area (Å²) < 4.78 is 0. The Bertz CT molecular complexity index is 380. The second kappa shape index (κ2) is 5.15. The molecular weight excluding hydrogens is 212 g/mol. The van der Waals surface area contributed by atoms with Crippen LogP contribution in [0.5, 0.6) is 0 Å². The SMILES string of the molecule is Cc1ncccc1CNC1CCCC1(C)CO. The average molecular weight is 234 g/mol. The lowest BCUT2D eigenvalue weighted by atomic mass is 9.85. The van der Waals surface area contributed by atoms with Crippen molar-refractivity contribution < 1.29 is 5.11 Å². The molecule has 0 amide bonds. The fraction of sp³-hybridized carbons (Fsp3) is 0.643. The van der Waals surface area contributed by atoms with Gasteiger partial charge in [0.15, 0.2) is 0 Å². The van der Waals surface area contributed by atoms with Crippen molar-refractivity contribution in [1.29, 1.82) is 0 Å². The van der Waals surface area contributed by atoms with Crippen LogP contribution in [0.3, 0.4) is 0 Å². The van der Waals surface area contributed by atoms with Crippen LogP contribution in [0.1, 0.15) is 37.4 Å². The molecule has 0 bridgehead atoms. The van der Waals surface area contributed by atoms with Crippen molar-refractivity contribution in [1.82, 2.24) is 10.3 Å². The highest BCUT2D eigenvalue weighted by Gasteiger charge is 2.37. The highest BCUT2D eigenvalue weighted by atomic mass is 16.3. The molecule has 0 radical (unpaired) electrons. The summed E-state index contributed by atoms with van der Waals surface area (Å²) in [5.41, 5.74) is 2.39. The molecule has 1 aromatic rings. The molecule has 2 atom stereocenters. The maximum Gasteiger partial charge on any atom is 0.0499 e. The largest absolute Gasteiger partial charge is 0.396 e. The van der Waals surface area contributed by atoms with Gasteiger partial charge in [-0.05, 0) is 31.4 Å². The van der Waals surface area contributed by atoms with Crippen LogP contribution in [0.4, 0.5) is 0 Å². The molecule has 1 aromatic heterocycles. The first-order valence-corrected chi connectivity index (χ1v) is 6.40. The molecule has 3 heteroatoms. The molecule has 1 saturated carbocycles. The summed E-state index contributed by atoms with van der Waals surface area (Å²) >= 11 is 0. The van der Waals surface area contributed by atoms with Crippen LogP contribution in [0.25, 0.3) is 0 Å². The van der Waals surface area contributed by atoms with Crippen molar-refractivity contribution >= 4 is 0 Å². The Morgan fingerprint density at radius 3 is 3.12 bits per heavy atom.